The molecule has 0 radical (unpaired) electrons. The number of carbonyl (C=O) groups excluding carboxylic acids is 1. The van der Waals surface area contributed by atoms with E-state index in [9.17, 15) is 39.6 Å². The Kier molecular flexibility index (Phi) is 23.3. The molecule has 2 aromatic carbocycles. The van der Waals surface area contributed by atoms with Gasteiger partial charge in [0.1, 0.15) is 15.6 Å². The summed E-state index contributed by atoms with van der Waals surface area (Å²) in [5.74, 6) is 0.167. The highest BCUT2D eigenvalue weighted by Crippen LogP contribution is 2.55. The molecule has 216 valence electrons. The van der Waals surface area contributed by atoms with Gasteiger partial charge in [-0.25, -0.2) is 8.42 Å². The lowest BCUT2D eigenvalue weighted by Gasteiger charge is -2.38. The maximum absolute atomic E-state index is 13.5. The molecule has 0 saturated heterocycles. The predicted molar refractivity (Wildman–Crippen MR) is 139 cm³/mol. The number of benzene rings is 2. The van der Waals surface area contributed by atoms with Crippen LogP contribution in [0.4, 0.5) is 26.3 Å². The third-order valence-corrected chi connectivity index (χ3v) is 3.26. The van der Waals surface area contributed by atoms with Crippen molar-refractivity contribution in [2.24, 2.45) is 0 Å². The Hall–Kier alpha value is -2.40. The van der Waals surface area contributed by atoms with Crippen LogP contribution in [0, 0.1) is 0 Å². The summed E-state index contributed by atoms with van der Waals surface area (Å²) >= 11 is 0. The van der Waals surface area contributed by atoms with E-state index in [1.54, 1.807) is 14.2 Å². The fourth-order valence-electron chi connectivity index (χ4n) is 2.36. The molecule has 11 heteroatoms. The molecule has 0 amide bonds. The topological polar surface area (TPSA) is 60.4 Å². The zero-order valence-corrected chi connectivity index (χ0v) is 23.9. The van der Waals surface area contributed by atoms with Crippen molar-refractivity contribution in [3.8, 4) is 0 Å². The van der Waals surface area contributed by atoms with Crippen LogP contribution in [0.2, 0.25) is 0 Å². The Morgan fingerprint density at radius 2 is 0.811 bits per heavy atom. The molecule has 0 aliphatic rings. The van der Waals surface area contributed by atoms with Gasteiger partial charge in [0.15, 0.2) is 0 Å². The number of ether oxygens (including phenoxy) is 1. The lowest BCUT2D eigenvalue weighted by Crippen LogP contribution is -2.54. The van der Waals surface area contributed by atoms with Crippen molar-refractivity contribution in [3.05, 3.63) is 71.8 Å². The van der Waals surface area contributed by atoms with Gasteiger partial charge in [-0.1, -0.05) is 88.4 Å². The summed E-state index contributed by atoms with van der Waals surface area (Å²) in [7, 11) is 0.583. The summed E-state index contributed by atoms with van der Waals surface area (Å²) in [4.78, 5) is 9.44. The molecule has 2 rings (SSSR count). The van der Waals surface area contributed by atoms with Crippen LogP contribution < -0.4 is 0 Å². The van der Waals surface area contributed by atoms with Gasteiger partial charge < -0.3 is 9.53 Å². The number of ketones is 1. The summed E-state index contributed by atoms with van der Waals surface area (Å²) in [6, 6.07) is 10.7. The third kappa shape index (κ3) is 17.6. The zero-order chi connectivity index (χ0) is 30.5. The monoisotopic (exact) mass is 562 g/mol. The molecule has 37 heavy (non-hydrogen) atoms. The maximum atomic E-state index is 13.5. The van der Waals surface area contributed by atoms with Crippen LogP contribution in [0.5, 0.6) is 0 Å². The molecule has 0 spiro atoms. The molecule has 0 unspecified atom stereocenters. The van der Waals surface area contributed by atoms with Crippen molar-refractivity contribution in [2.75, 3.05) is 26.7 Å². The number of rotatable bonds is 2. The van der Waals surface area contributed by atoms with E-state index < -0.39 is 38.7 Å². The van der Waals surface area contributed by atoms with E-state index in [1.165, 1.54) is 26.0 Å². The normalized spacial score (nSPS) is 10.6. The Morgan fingerprint density at radius 3 is 0.946 bits per heavy atom. The highest BCUT2D eigenvalue weighted by atomic mass is 32.2. The van der Waals surface area contributed by atoms with Crippen molar-refractivity contribution in [3.63, 3.8) is 0 Å². The molecule has 0 heterocycles. The first-order chi connectivity index (χ1) is 16.9. The number of hydrogen-bond acceptors (Lipinski definition) is 4. The second-order valence-electron chi connectivity index (χ2n) is 6.94. The Morgan fingerprint density at radius 1 is 0.649 bits per heavy atom. The molecule has 4 nitrogen and oxygen atoms in total. The van der Waals surface area contributed by atoms with Crippen LogP contribution in [0.1, 0.15) is 52.7 Å². The molecule has 0 atom stereocenters. The van der Waals surface area contributed by atoms with Gasteiger partial charge in [-0.2, -0.15) is 26.3 Å². The van der Waals surface area contributed by atoms with Crippen LogP contribution in [-0.4, -0.2) is 53.3 Å². The quantitative estimate of drug-likeness (QED) is 0.353. The molecule has 2 aromatic rings. The van der Waals surface area contributed by atoms with Crippen LogP contribution in [0.15, 0.2) is 60.7 Å². The van der Waals surface area contributed by atoms with Crippen LogP contribution in [-0.2, 0) is 24.8 Å². The minimum atomic E-state index is -5.52. The Balaban J connectivity index is -0.000000282. The minimum Gasteiger partial charge on any atom is -0.388 e. The van der Waals surface area contributed by atoms with Crippen molar-refractivity contribution < 1.29 is 44.3 Å². The average molecular weight is 563 g/mol. The Bertz CT molecular complexity index is 844. The van der Waals surface area contributed by atoms with E-state index in [-0.39, 0.29) is 5.78 Å². The summed E-state index contributed by atoms with van der Waals surface area (Å²) in [6.07, 6.45) is -8.72. The third-order valence-electron chi connectivity index (χ3n) is 3.26. The molecule has 0 aromatic heterocycles. The molecule has 0 bridgehead atoms. The van der Waals surface area contributed by atoms with Gasteiger partial charge in [0.25, 0.3) is 0 Å². The van der Waals surface area contributed by atoms with E-state index in [1.807, 2.05) is 27.7 Å². The van der Waals surface area contributed by atoms with Crippen LogP contribution >= 0.6 is 0 Å². The molecule has 0 aliphatic carbocycles. The van der Waals surface area contributed by atoms with Gasteiger partial charge >= 0.3 is 12.4 Å². The highest BCUT2D eigenvalue weighted by Gasteiger charge is 2.72. The fourth-order valence-corrected chi connectivity index (χ4v) is 2.36. The molecule has 0 fully saturated rings. The Labute approximate surface area is 218 Å². The van der Waals surface area contributed by atoms with E-state index in [2.05, 4.69) is 4.74 Å². The van der Waals surface area contributed by atoms with Crippen LogP contribution in [0.3, 0.4) is 0 Å². The van der Waals surface area contributed by atoms with Gasteiger partial charge in [0, 0.05) is 26.7 Å². The summed E-state index contributed by atoms with van der Waals surface area (Å²) in [5.41, 5.74) is -5.74. The number of methoxy groups -OCH3 is 1. The molecule has 0 aliphatic heterocycles. The molecular formula is C26H40F6O4S. The number of hydrogen-bond donors (Lipinski definition) is 0. The van der Waals surface area contributed by atoms with Gasteiger partial charge in [-0.05, 0) is 25.0 Å². The molecule has 0 saturated carbocycles. The maximum Gasteiger partial charge on any atom is 0.411 e. The van der Waals surface area contributed by atoms with Crippen LogP contribution in [0.25, 0.3) is 0 Å². The van der Waals surface area contributed by atoms with Crippen molar-refractivity contribution in [1.29, 1.82) is 0 Å². The van der Waals surface area contributed by atoms with Gasteiger partial charge in [-0.15, -0.1) is 0 Å². The summed E-state index contributed by atoms with van der Waals surface area (Å²) < 4.78 is 105. The second kappa shape index (κ2) is 20.6. The zero-order valence-electron chi connectivity index (χ0n) is 23.1. The number of carbonyl (C=O) groups is 1. The van der Waals surface area contributed by atoms with E-state index in [0.29, 0.717) is 0 Å². The van der Waals surface area contributed by atoms with Crippen molar-refractivity contribution >= 4 is 15.6 Å². The van der Waals surface area contributed by atoms with E-state index in [4.69, 9.17) is 0 Å². The lowest BCUT2D eigenvalue weighted by molar-refractivity contribution is -0.288. The van der Waals surface area contributed by atoms with Crippen molar-refractivity contribution in [2.45, 2.75) is 59.3 Å². The fraction of sp³-hybridized carbons (Fsp3) is 0.500. The van der Waals surface area contributed by atoms with Gasteiger partial charge in [0.2, 0.25) is 5.41 Å². The second-order valence-corrected chi connectivity index (χ2v) is 9.22. The summed E-state index contributed by atoms with van der Waals surface area (Å²) in [6.45, 7) is 11.1. The molecular weight excluding hydrogens is 522 g/mol. The molecule has 0 N–H and O–H groups in total. The van der Waals surface area contributed by atoms with Gasteiger partial charge in [0.05, 0.1) is 0 Å². The lowest BCUT2D eigenvalue weighted by atomic mass is 9.73. The van der Waals surface area contributed by atoms with E-state index >= 15 is 0 Å². The number of sulfone groups is 1. The first kappa shape index (κ1) is 41.7. The first-order valence-electron chi connectivity index (χ1n) is 11.1. The average Bonchev–Trinajstić information content (AvgIpc) is 2.76. The predicted octanol–water partition coefficient (Wildman–Crippen LogP) is 7.67. The SMILES string of the molecule is CC.CC.CC(C)=O.COC.CS(C)(=O)=O.FC(F)(F)C(c1ccccc1)(c1ccccc1)C(F)(F)F. The van der Waals surface area contributed by atoms with Gasteiger partial charge in [-0.3, -0.25) is 0 Å². The van der Waals surface area contributed by atoms with E-state index in [0.717, 1.165) is 61.0 Å². The number of alkyl halides is 6. The largest absolute Gasteiger partial charge is 0.411 e. The number of halogens is 6. The first-order valence-corrected chi connectivity index (χ1v) is 13.4. The minimum absolute atomic E-state index is 0.167. The number of Topliss-reactive ketones (excluding diaryl/α,β-unsaturated/α-hetero) is 1. The van der Waals surface area contributed by atoms with Crippen molar-refractivity contribution in [1.82, 2.24) is 0 Å². The standard InChI is InChI=1S/C15H10F6.C3H6O.C2H6O2S.C2H6O.2C2H6/c16-14(17,18)13(15(19,20)21,11-7-3-1-4-8-11)12-9-5-2-6-10-12;1-3(2)4;1-5(2,3)4;1-3-2;2*1-2/h1-10H;1-2H3;1-2H3;1-2H3;2*1-2H3. The highest BCUT2D eigenvalue weighted by molar-refractivity contribution is 7.89. The smallest absolute Gasteiger partial charge is 0.388 e. The summed E-state index contributed by atoms with van der Waals surface area (Å²) in [5, 5.41) is 0.